The third kappa shape index (κ3) is 11.6. The van der Waals surface area contributed by atoms with Crippen LogP contribution in [-0.4, -0.2) is 148 Å². The lowest BCUT2D eigenvalue weighted by molar-refractivity contribution is -0.349. The third-order valence-electron chi connectivity index (χ3n) is 12.1. The fourth-order valence-electron chi connectivity index (χ4n) is 8.73. The van der Waals surface area contributed by atoms with Crippen LogP contribution in [-0.2, 0) is 38.0 Å². The first kappa shape index (κ1) is 45.5. The molecule has 0 amide bonds. The maximum Gasteiger partial charge on any atom is 0.338 e. The summed E-state index contributed by atoms with van der Waals surface area (Å²) < 4.78 is 37.3. The van der Waals surface area contributed by atoms with Gasteiger partial charge in [-0.1, -0.05) is 63.6 Å². The van der Waals surface area contributed by atoms with E-state index in [1.807, 2.05) is 6.92 Å². The molecule has 57 heavy (non-hydrogen) atoms. The van der Waals surface area contributed by atoms with Gasteiger partial charge >= 0.3 is 11.9 Å². The normalized spacial score (nSPS) is 37.0. The van der Waals surface area contributed by atoms with Crippen LogP contribution in [0.1, 0.15) is 94.8 Å². The van der Waals surface area contributed by atoms with Crippen molar-refractivity contribution in [1.82, 2.24) is 5.32 Å². The molecular formula is C41H63NO15. The minimum absolute atomic E-state index is 0.00497. The lowest BCUT2D eigenvalue weighted by atomic mass is 9.74. The summed E-state index contributed by atoms with van der Waals surface area (Å²) in [5.41, 5.74) is 0.154. The van der Waals surface area contributed by atoms with Crippen LogP contribution in [0.25, 0.3) is 0 Å². The van der Waals surface area contributed by atoms with E-state index in [4.69, 9.17) is 28.4 Å². The Morgan fingerprint density at radius 2 is 1.60 bits per heavy atom. The number of benzene rings is 1. The Hall–Kier alpha value is -2.61. The molecular weight excluding hydrogens is 746 g/mol. The molecule has 1 aromatic carbocycles. The Balaban J connectivity index is 1.50. The van der Waals surface area contributed by atoms with Crippen molar-refractivity contribution in [2.45, 2.75) is 164 Å². The van der Waals surface area contributed by atoms with Gasteiger partial charge in [0.1, 0.15) is 42.4 Å². The van der Waals surface area contributed by atoms with E-state index >= 15 is 0 Å². The number of rotatable bonds is 18. The number of carboxylic acids is 1. The predicted octanol–water partition coefficient (Wildman–Crippen LogP) is 1.70. The molecule has 4 fully saturated rings. The van der Waals surface area contributed by atoms with Gasteiger partial charge in [0.2, 0.25) is 0 Å². The van der Waals surface area contributed by atoms with Crippen LogP contribution in [0.15, 0.2) is 30.3 Å². The number of nitrogens with one attached hydrogen (secondary N) is 1. The number of hydrogen-bond donors (Lipinski definition) is 7. The van der Waals surface area contributed by atoms with Gasteiger partial charge in [0.05, 0.1) is 30.5 Å². The van der Waals surface area contributed by atoms with E-state index in [0.717, 1.165) is 32.1 Å². The number of hydrogen-bond acceptors (Lipinski definition) is 15. The van der Waals surface area contributed by atoms with Gasteiger partial charge in [-0.05, 0) is 70.2 Å². The summed E-state index contributed by atoms with van der Waals surface area (Å²) in [6, 6.07) is 8.04. The highest BCUT2D eigenvalue weighted by atomic mass is 16.7. The maximum absolute atomic E-state index is 13.7. The van der Waals surface area contributed by atoms with E-state index in [1.165, 1.54) is 19.1 Å². The van der Waals surface area contributed by atoms with Crippen molar-refractivity contribution in [3.63, 3.8) is 0 Å². The molecule has 0 spiro atoms. The Morgan fingerprint density at radius 1 is 0.877 bits per heavy atom. The number of aliphatic hydroxyl groups is 5. The van der Waals surface area contributed by atoms with E-state index < -0.39 is 104 Å². The Labute approximate surface area is 334 Å². The smallest absolute Gasteiger partial charge is 0.338 e. The molecule has 4 aliphatic rings. The standard InChI is InChI=1S/C41H63NO15/c1-4-24-19-26(27(44)16-11-17-42-3)20-28(35(24)57-40-34(48)33(47)31(45)22(2)52-40)54-41-37(56-39(51)25-14-9-6-10-15-25)36(32(46)30(21-43)55-41)53-29(38(49)50)18-23-12-7-5-8-13-23/h6,9-10,14-15,22-24,26,28-37,40-43,45-48H,4-5,7-8,11-13,16-21H2,1-3H3,(H,49,50)/t22?,24?,26?,28-,29+,30+,31-,32+,33+,34?,35-,36?,37?,40+,41-/m1/s1. The third-order valence-corrected chi connectivity index (χ3v) is 12.1. The summed E-state index contributed by atoms with van der Waals surface area (Å²) in [6.07, 6.45) is -11.2. The summed E-state index contributed by atoms with van der Waals surface area (Å²) in [6.45, 7) is 3.35. The van der Waals surface area contributed by atoms with Crippen molar-refractivity contribution in [2.24, 2.45) is 17.8 Å². The van der Waals surface area contributed by atoms with E-state index in [0.29, 0.717) is 32.2 Å². The quantitative estimate of drug-likeness (QED) is 0.0825. The van der Waals surface area contributed by atoms with Crippen LogP contribution in [0, 0.1) is 17.8 Å². The molecule has 1 aromatic rings. The Morgan fingerprint density at radius 3 is 2.25 bits per heavy atom. The highest BCUT2D eigenvalue weighted by Crippen LogP contribution is 2.41. The lowest BCUT2D eigenvalue weighted by Gasteiger charge is -2.49. The number of esters is 1. The van der Waals surface area contributed by atoms with Gasteiger partial charge in [0.15, 0.2) is 24.8 Å². The number of carboxylic acid groups (broad SMARTS) is 1. The summed E-state index contributed by atoms with van der Waals surface area (Å²) in [5.74, 6) is -2.87. The van der Waals surface area contributed by atoms with Gasteiger partial charge in [0, 0.05) is 12.3 Å². The number of aliphatic hydroxyl groups excluding tert-OH is 5. The number of ether oxygens (including phenoxy) is 6. The molecule has 322 valence electrons. The van der Waals surface area contributed by atoms with Gasteiger partial charge in [0.25, 0.3) is 0 Å². The van der Waals surface area contributed by atoms with Gasteiger partial charge in [-0.3, -0.25) is 4.79 Å². The van der Waals surface area contributed by atoms with Crippen LogP contribution in [0.5, 0.6) is 0 Å². The van der Waals surface area contributed by atoms with Crippen LogP contribution in [0.4, 0.5) is 0 Å². The second kappa shape index (κ2) is 21.6. The summed E-state index contributed by atoms with van der Waals surface area (Å²) in [7, 11) is 1.80. The predicted molar refractivity (Wildman–Crippen MR) is 202 cm³/mol. The fourth-order valence-corrected chi connectivity index (χ4v) is 8.73. The number of aliphatic carboxylic acids is 1. The molecule has 0 bridgehead atoms. The first-order valence-electron chi connectivity index (χ1n) is 20.6. The van der Waals surface area contributed by atoms with Crippen LogP contribution in [0.2, 0.25) is 0 Å². The first-order chi connectivity index (χ1) is 27.4. The molecule has 2 aliphatic heterocycles. The maximum atomic E-state index is 13.7. The van der Waals surface area contributed by atoms with E-state index in [2.05, 4.69) is 5.32 Å². The Bertz CT molecular complexity index is 1410. The SMILES string of the molecule is CCC1CC(C(=O)CCCNC)C[C@@H](O[C@@H]2O[C@@H](CO)[C@H](O)C(O[C@@H](CC3CCCCC3)C(=O)O)C2OC(=O)c2ccccc2)[C@@H]1O[C@@H]1OC(C)[C@@H](O)[C@H](O)C1O. The number of carbonyl (C=O) groups is 3. The van der Waals surface area contributed by atoms with Crippen LogP contribution < -0.4 is 5.32 Å². The van der Waals surface area contributed by atoms with E-state index in [9.17, 15) is 45.0 Å². The fraction of sp³-hybridized carbons (Fsp3) is 0.780. The summed E-state index contributed by atoms with van der Waals surface area (Å²) in [4.78, 5) is 40.1. The van der Waals surface area contributed by atoms with Crippen molar-refractivity contribution in [3.8, 4) is 0 Å². The van der Waals surface area contributed by atoms with Gasteiger partial charge < -0.3 is 64.4 Å². The molecule has 2 heterocycles. The number of ketones is 1. The second-order valence-corrected chi connectivity index (χ2v) is 16.1. The zero-order chi connectivity index (χ0) is 41.2. The molecule has 15 atom stereocenters. The monoisotopic (exact) mass is 809 g/mol. The van der Waals surface area contributed by atoms with Gasteiger partial charge in [-0.15, -0.1) is 0 Å². The first-order valence-corrected chi connectivity index (χ1v) is 20.6. The summed E-state index contributed by atoms with van der Waals surface area (Å²) in [5, 5.41) is 67.3. The molecule has 5 rings (SSSR count). The van der Waals surface area contributed by atoms with Crippen molar-refractivity contribution in [1.29, 1.82) is 0 Å². The molecule has 6 unspecified atom stereocenters. The van der Waals surface area contributed by atoms with Gasteiger partial charge in [-0.2, -0.15) is 0 Å². The molecule has 0 aromatic heterocycles. The zero-order valence-electron chi connectivity index (χ0n) is 33.2. The topological polar surface area (TPSA) is 240 Å². The number of Topliss-reactive ketones (excluding diaryl/α,β-unsaturated/α-hetero) is 1. The molecule has 7 N–H and O–H groups in total. The van der Waals surface area contributed by atoms with Crippen LogP contribution in [0.3, 0.4) is 0 Å². The lowest BCUT2D eigenvalue weighted by Crippen LogP contribution is -2.64. The number of carbonyl (C=O) groups excluding carboxylic acids is 2. The second-order valence-electron chi connectivity index (χ2n) is 16.1. The largest absolute Gasteiger partial charge is 0.479 e. The Kier molecular flexibility index (Phi) is 17.2. The molecule has 0 radical (unpaired) electrons. The minimum Gasteiger partial charge on any atom is -0.479 e. The average Bonchev–Trinajstić information content (AvgIpc) is 3.21. The minimum atomic E-state index is -1.65. The molecule has 2 aliphatic carbocycles. The molecule has 2 saturated heterocycles. The zero-order valence-corrected chi connectivity index (χ0v) is 33.2. The van der Waals surface area contributed by atoms with E-state index in [-0.39, 0.29) is 36.0 Å². The highest BCUT2D eigenvalue weighted by molar-refractivity contribution is 5.89. The van der Waals surface area contributed by atoms with Crippen LogP contribution >= 0.6 is 0 Å². The van der Waals surface area contributed by atoms with Crippen molar-refractivity contribution in [3.05, 3.63) is 35.9 Å². The van der Waals surface area contributed by atoms with E-state index in [1.54, 1.807) is 25.2 Å². The summed E-state index contributed by atoms with van der Waals surface area (Å²) >= 11 is 0. The highest BCUT2D eigenvalue weighted by Gasteiger charge is 2.54. The average molecular weight is 810 g/mol. The van der Waals surface area contributed by atoms with Crippen molar-refractivity contribution >= 4 is 17.7 Å². The van der Waals surface area contributed by atoms with Gasteiger partial charge in [-0.25, -0.2) is 9.59 Å². The molecule has 16 heteroatoms. The molecule has 16 nitrogen and oxygen atoms in total. The van der Waals surface area contributed by atoms with Crippen molar-refractivity contribution in [2.75, 3.05) is 20.2 Å². The van der Waals surface area contributed by atoms with Crippen molar-refractivity contribution < 1.29 is 73.4 Å². The molecule has 2 saturated carbocycles.